The van der Waals surface area contributed by atoms with E-state index in [0.29, 0.717) is 25.3 Å². The maximum Gasteiger partial charge on any atom is 0.306 e. The van der Waals surface area contributed by atoms with Crippen molar-refractivity contribution in [3.8, 4) is 0 Å². The Balaban J connectivity index is 2.18. The predicted molar refractivity (Wildman–Crippen MR) is 65.7 cm³/mol. The van der Waals surface area contributed by atoms with E-state index in [0.717, 1.165) is 5.69 Å². The second kappa shape index (κ2) is 6.83. The molecule has 0 unspecified atom stereocenters. The molecule has 0 saturated heterocycles. The second-order valence-electron chi connectivity index (χ2n) is 4.09. The summed E-state index contributed by atoms with van der Waals surface area (Å²) in [4.78, 5) is 19.5. The van der Waals surface area contributed by atoms with Gasteiger partial charge in [0.15, 0.2) is 0 Å². The van der Waals surface area contributed by atoms with Gasteiger partial charge in [-0.05, 0) is 33.3 Å². The van der Waals surface area contributed by atoms with Crippen LogP contribution in [0.4, 0.5) is 5.95 Å². The molecule has 0 aliphatic heterocycles. The highest BCUT2D eigenvalue weighted by molar-refractivity contribution is 5.69. The maximum atomic E-state index is 11.2. The van der Waals surface area contributed by atoms with Crippen LogP contribution in [0.5, 0.6) is 0 Å². The van der Waals surface area contributed by atoms with Gasteiger partial charge in [0.1, 0.15) is 0 Å². The molecule has 0 bridgehead atoms. The number of esters is 1. The fourth-order valence-corrected chi connectivity index (χ4v) is 1.29. The minimum absolute atomic E-state index is 0.0458. The van der Waals surface area contributed by atoms with Gasteiger partial charge in [-0.2, -0.15) is 0 Å². The molecule has 0 radical (unpaired) electrons. The van der Waals surface area contributed by atoms with Gasteiger partial charge in [0, 0.05) is 24.9 Å². The Bertz CT molecular complexity index is 367. The van der Waals surface area contributed by atoms with Crippen molar-refractivity contribution in [2.45, 2.75) is 39.7 Å². The Labute approximate surface area is 102 Å². The highest BCUT2D eigenvalue weighted by Gasteiger charge is 2.04. The van der Waals surface area contributed by atoms with E-state index >= 15 is 0 Å². The molecule has 0 spiro atoms. The molecule has 5 nitrogen and oxygen atoms in total. The lowest BCUT2D eigenvalue weighted by atomic mass is 10.3. The summed E-state index contributed by atoms with van der Waals surface area (Å²) in [6.07, 6.45) is 2.79. The molecule has 1 heterocycles. The van der Waals surface area contributed by atoms with Crippen LogP contribution in [0.15, 0.2) is 12.3 Å². The van der Waals surface area contributed by atoms with Gasteiger partial charge < -0.3 is 10.1 Å². The van der Waals surface area contributed by atoms with Gasteiger partial charge in [-0.1, -0.05) is 0 Å². The van der Waals surface area contributed by atoms with Crippen LogP contribution in [-0.4, -0.2) is 28.6 Å². The third kappa shape index (κ3) is 5.85. The van der Waals surface area contributed by atoms with Crippen LogP contribution in [0.3, 0.4) is 0 Å². The van der Waals surface area contributed by atoms with Gasteiger partial charge in [-0.25, -0.2) is 9.97 Å². The van der Waals surface area contributed by atoms with Crippen LogP contribution >= 0.6 is 0 Å². The normalized spacial score (nSPS) is 10.4. The van der Waals surface area contributed by atoms with Crippen LogP contribution in [0.1, 0.15) is 32.4 Å². The number of hydrogen-bond acceptors (Lipinski definition) is 5. The first-order chi connectivity index (χ1) is 8.08. The first kappa shape index (κ1) is 13.4. The number of aryl methyl sites for hydroxylation is 1. The van der Waals surface area contributed by atoms with Crippen molar-refractivity contribution in [3.05, 3.63) is 18.0 Å². The van der Waals surface area contributed by atoms with Gasteiger partial charge in [-0.15, -0.1) is 0 Å². The molecule has 1 aromatic rings. The molecule has 1 aromatic heterocycles. The van der Waals surface area contributed by atoms with Crippen molar-refractivity contribution in [2.24, 2.45) is 0 Å². The van der Waals surface area contributed by atoms with E-state index in [1.807, 2.05) is 26.8 Å². The fraction of sp³-hybridized carbons (Fsp3) is 0.583. The van der Waals surface area contributed by atoms with E-state index in [9.17, 15) is 4.79 Å². The molecule has 0 aromatic carbocycles. The average Bonchev–Trinajstić information content (AvgIpc) is 2.23. The van der Waals surface area contributed by atoms with E-state index < -0.39 is 0 Å². The summed E-state index contributed by atoms with van der Waals surface area (Å²) in [6.45, 7) is 6.26. The minimum atomic E-state index is -0.160. The third-order valence-electron chi connectivity index (χ3n) is 2.00. The SMILES string of the molecule is Cc1ccnc(NCCCC(=O)OC(C)C)n1. The van der Waals surface area contributed by atoms with Crippen molar-refractivity contribution in [2.75, 3.05) is 11.9 Å². The summed E-state index contributed by atoms with van der Waals surface area (Å²) in [5.74, 6) is 0.439. The summed E-state index contributed by atoms with van der Waals surface area (Å²) in [7, 11) is 0. The lowest BCUT2D eigenvalue weighted by Gasteiger charge is -2.08. The largest absolute Gasteiger partial charge is 0.463 e. The number of carbonyl (C=O) groups excluding carboxylic acids is 1. The summed E-state index contributed by atoms with van der Waals surface area (Å²) < 4.78 is 5.02. The molecule has 1 rings (SSSR count). The van der Waals surface area contributed by atoms with Crippen molar-refractivity contribution < 1.29 is 9.53 Å². The molecule has 0 fully saturated rings. The van der Waals surface area contributed by atoms with Crippen molar-refractivity contribution in [1.82, 2.24) is 9.97 Å². The van der Waals surface area contributed by atoms with Crippen molar-refractivity contribution in [3.63, 3.8) is 0 Å². The Kier molecular flexibility index (Phi) is 5.39. The Morgan fingerprint density at radius 3 is 2.94 bits per heavy atom. The number of ether oxygens (including phenoxy) is 1. The molecular weight excluding hydrogens is 218 g/mol. The Hall–Kier alpha value is -1.65. The number of aromatic nitrogens is 2. The highest BCUT2D eigenvalue weighted by Crippen LogP contribution is 2.01. The molecule has 0 amide bonds. The van der Waals surface area contributed by atoms with Gasteiger partial charge in [0.05, 0.1) is 6.10 Å². The van der Waals surface area contributed by atoms with Crippen LogP contribution in [0.25, 0.3) is 0 Å². The molecule has 5 heteroatoms. The van der Waals surface area contributed by atoms with Gasteiger partial charge >= 0.3 is 5.97 Å². The zero-order valence-electron chi connectivity index (χ0n) is 10.6. The molecule has 0 atom stereocenters. The molecule has 1 N–H and O–H groups in total. The van der Waals surface area contributed by atoms with Crippen LogP contribution < -0.4 is 5.32 Å². The Morgan fingerprint density at radius 1 is 1.53 bits per heavy atom. The molecule has 17 heavy (non-hydrogen) atoms. The van der Waals surface area contributed by atoms with E-state index in [1.165, 1.54) is 0 Å². The number of nitrogens with zero attached hydrogens (tertiary/aromatic N) is 2. The van der Waals surface area contributed by atoms with Crippen molar-refractivity contribution in [1.29, 1.82) is 0 Å². The number of nitrogens with one attached hydrogen (secondary N) is 1. The monoisotopic (exact) mass is 237 g/mol. The van der Waals surface area contributed by atoms with Crippen LogP contribution in [0.2, 0.25) is 0 Å². The number of hydrogen-bond donors (Lipinski definition) is 1. The van der Waals surface area contributed by atoms with Crippen LogP contribution in [-0.2, 0) is 9.53 Å². The van der Waals surface area contributed by atoms with Gasteiger partial charge in [-0.3, -0.25) is 4.79 Å². The lowest BCUT2D eigenvalue weighted by Crippen LogP contribution is -2.13. The van der Waals surface area contributed by atoms with Crippen LogP contribution in [0, 0.1) is 6.92 Å². The van der Waals surface area contributed by atoms with Gasteiger partial charge in [0.2, 0.25) is 5.95 Å². The predicted octanol–water partition coefficient (Wildman–Crippen LogP) is 1.93. The standard InChI is InChI=1S/C12H19N3O2/c1-9(2)17-11(16)5-4-7-13-12-14-8-6-10(3)15-12/h6,8-9H,4-5,7H2,1-3H3,(H,13,14,15). The summed E-state index contributed by atoms with van der Waals surface area (Å²) >= 11 is 0. The molecule has 0 saturated carbocycles. The second-order valence-corrected chi connectivity index (χ2v) is 4.09. The number of rotatable bonds is 6. The zero-order valence-corrected chi connectivity index (χ0v) is 10.6. The molecular formula is C12H19N3O2. The van der Waals surface area contributed by atoms with E-state index in [2.05, 4.69) is 15.3 Å². The van der Waals surface area contributed by atoms with E-state index in [1.54, 1.807) is 6.20 Å². The summed E-state index contributed by atoms with van der Waals surface area (Å²) in [5, 5.41) is 3.06. The molecule has 0 aliphatic carbocycles. The maximum absolute atomic E-state index is 11.2. The highest BCUT2D eigenvalue weighted by atomic mass is 16.5. The molecule has 0 aliphatic rings. The lowest BCUT2D eigenvalue weighted by molar-refractivity contribution is -0.147. The smallest absolute Gasteiger partial charge is 0.306 e. The summed E-state index contributed by atoms with van der Waals surface area (Å²) in [5.41, 5.74) is 0.918. The average molecular weight is 237 g/mol. The Morgan fingerprint density at radius 2 is 2.29 bits per heavy atom. The topological polar surface area (TPSA) is 64.1 Å². The van der Waals surface area contributed by atoms with Gasteiger partial charge in [0.25, 0.3) is 0 Å². The quantitative estimate of drug-likeness (QED) is 0.605. The number of anilines is 1. The fourth-order valence-electron chi connectivity index (χ4n) is 1.29. The van der Waals surface area contributed by atoms with E-state index in [-0.39, 0.29) is 12.1 Å². The first-order valence-corrected chi connectivity index (χ1v) is 5.81. The van der Waals surface area contributed by atoms with Crippen molar-refractivity contribution >= 4 is 11.9 Å². The minimum Gasteiger partial charge on any atom is -0.463 e. The van der Waals surface area contributed by atoms with E-state index in [4.69, 9.17) is 4.74 Å². The first-order valence-electron chi connectivity index (χ1n) is 5.81. The summed E-state index contributed by atoms with van der Waals surface area (Å²) in [6, 6.07) is 1.84. The third-order valence-corrected chi connectivity index (χ3v) is 2.00. The molecule has 94 valence electrons. The zero-order chi connectivity index (χ0) is 12.7. The number of carbonyl (C=O) groups is 1.